The normalized spacial score (nSPS) is 10.8. The van der Waals surface area contributed by atoms with E-state index < -0.39 is 0 Å². The van der Waals surface area contributed by atoms with E-state index >= 15 is 0 Å². The number of hydrogen-bond acceptors (Lipinski definition) is 6. The molecule has 0 spiro atoms. The maximum atomic E-state index is 5.66. The summed E-state index contributed by atoms with van der Waals surface area (Å²) in [5.41, 5.74) is 13.8. The minimum Gasteiger partial charge on any atom is -0.375 e. The lowest BCUT2D eigenvalue weighted by atomic mass is 10.1. The number of rotatable bonds is 4. The van der Waals surface area contributed by atoms with Crippen molar-refractivity contribution >= 4 is 32.9 Å². The zero-order chi connectivity index (χ0) is 13.9. The van der Waals surface area contributed by atoms with E-state index in [9.17, 15) is 0 Å². The van der Waals surface area contributed by atoms with Gasteiger partial charge in [0.2, 0.25) is 0 Å². The Labute approximate surface area is 125 Å². The first-order valence-corrected chi connectivity index (χ1v) is 7.80. The quantitative estimate of drug-likeness (QED) is 0.776. The van der Waals surface area contributed by atoms with Crippen LogP contribution in [0.2, 0.25) is 0 Å². The molecule has 0 amide bonds. The monoisotopic (exact) mass is 302 g/mol. The minimum atomic E-state index is 0.622. The van der Waals surface area contributed by atoms with Gasteiger partial charge in [-0.1, -0.05) is 24.3 Å². The fourth-order valence-electron chi connectivity index (χ4n) is 2.06. The van der Waals surface area contributed by atoms with Crippen LogP contribution < -0.4 is 11.5 Å². The highest BCUT2D eigenvalue weighted by atomic mass is 32.1. The van der Waals surface area contributed by atoms with Crippen LogP contribution >= 0.6 is 22.7 Å². The highest BCUT2D eigenvalue weighted by molar-refractivity contribution is 7.15. The molecular formula is C14H14N4S2. The van der Waals surface area contributed by atoms with Crippen LogP contribution in [0, 0.1) is 0 Å². The Morgan fingerprint density at radius 2 is 1.35 bits per heavy atom. The first kappa shape index (κ1) is 13.1. The number of nitrogens with two attached hydrogens (primary N) is 2. The summed E-state index contributed by atoms with van der Waals surface area (Å²) in [5.74, 6) is 0. The molecule has 0 fully saturated rings. The summed E-state index contributed by atoms with van der Waals surface area (Å²) in [4.78, 5) is 10.5. The van der Waals surface area contributed by atoms with Crippen LogP contribution in [0.25, 0.3) is 0 Å². The lowest BCUT2D eigenvalue weighted by molar-refractivity contribution is 1.16. The molecule has 0 aliphatic rings. The number of aromatic nitrogens is 2. The maximum Gasteiger partial charge on any atom is 0.180 e. The Morgan fingerprint density at radius 1 is 0.850 bits per heavy atom. The van der Waals surface area contributed by atoms with Crippen LogP contribution in [0.5, 0.6) is 0 Å². The van der Waals surface area contributed by atoms with Gasteiger partial charge in [0.15, 0.2) is 10.3 Å². The molecular weight excluding hydrogens is 288 g/mol. The molecule has 0 unspecified atom stereocenters. The molecule has 20 heavy (non-hydrogen) atoms. The molecule has 1 aromatic carbocycles. The maximum absolute atomic E-state index is 5.66. The van der Waals surface area contributed by atoms with Gasteiger partial charge in [0.25, 0.3) is 0 Å². The van der Waals surface area contributed by atoms with Gasteiger partial charge in [-0.3, -0.25) is 0 Å². The summed E-state index contributed by atoms with van der Waals surface area (Å²) in [6.07, 6.45) is 5.42. The van der Waals surface area contributed by atoms with Crippen molar-refractivity contribution < 1.29 is 0 Å². The SMILES string of the molecule is Nc1ncc(Cc2cccc(Cc3cnc(N)s3)c2)s1. The van der Waals surface area contributed by atoms with Gasteiger partial charge in [0, 0.05) is 35.0 Å². The number of hydrogen-bond donors (Lipinski definition) is 2. The van der Waals surface area contributed by atoms with Crippen LogP contribution in [-0.4, -0.2) is 9.97 Å². The number of nitrogen functional groups attached to an aromatic ring is 2. The number of benzene rings is 1. The van der Waals surface area contributed by atoms with Crippen LogP contribution in [0.15, 0.2) is 36.7 Å². The summed E-state index contributed by atoms with van der Waals surface area (Å²) < 4.78 is 0. The minimum absolute atomic E-state index is 0.622. The second-order valence-corrected chi connectivity index (χ2v) is 6.80. The van der Waals surface area contributed by atoms with E-state index in [1.54, 1.807) is 0 Å². The van der Waals surface area contributed by atoms with Gasteiger partial charge < -0.3 is 11.5 Å². The van der Waals surface area contributed by atoms with E-state index in [1.807, 2.05) is 12.4 Å². The van der Waals surface area contributed by atoms with Crippen LogP contribution in [0.1, 0.15) is 20.9 Å². The van der Waals surface area contributed by atoms with E-state index in [0.717, 1.165) is 12.8 Å². The fraction of sp³-hybridized carbons (Fsp3) is 0.143. The molecule has 0 bridgehead atoms. The van der Waals surface area contributed by atoms with Crippen molar-refractivity contribution in [3.05, 3.63) is 57.5 Å². The number of thiazole rings is 2. The van der Waals surface area contributed by atoms with Gasteiger partial charge in [-0.2, -0.15) is 0 Å². The molecule has 3 aromatic rings. The molecule has 0 aliphatic heterocycles. The molecule has 0 saturated heterocycles. The zero-order valence-corrected chi connectivity index (χ0v) is 12.4. The Hall–Kier alpha value is -1.92. The van der Waals surface area contributed by atoms with Gasteiger partial charge in [0.05, 0.1) is 0 Å². The van der Waals surface area contributed by atoms with Gasteiger partial charge in [0.1, 0.15) is 0 Å². The van der Waals surface area contributed by atoms with Crippen LogP contribution in [0.3, 0.4) is 0 Å². The molecule has 0 saturated carbocycles. The first-order chi connectivity index (χ1) is 9.69. The highest BCUT2D eigenvalue weighted by Crippen LogP contribution is 2.22. The Kier molecular flexibility index (Phi) is 3.66. The third-order valence-electron chi connectivity index (χ3n) is 2.89. The second kappa shape index (κ2) is 5.60. The van der Waals surface area contributed by atoms with E-state index in [2.05, 4.69) is 34.2 Å². The van der Waals surface area contributed by atoms with Gasteiger partial charge in [-0.25, -0.2) is 9.97 Å². The second-order valence-electron chi connectivity index (χ2n) is 4.50. The van der Waals surface area contributed by atoms with Crippen molar-refractivity contribution in [3.63, 3.8) is 0 Å². The average Bonchev–Trinajstić information content (AvgIpc) is 2.99. The van der Waals surface area contributed by atoms with Crippen molar-refractivity contribution in [1.29, 1.82) is 0 Å². The van der Waals surface area contributed by atoms with Crippen LogP contribution in [0.4, 0.5) is 10.3 Å². The molecule has 102 valence electrons. The summed E-state index contributed by atoms with van der Waals surface area (Å²) in [5, 5.41) is 1.24. The van der Waals surface area contributed by atoms with Crippen molar-refractivity contribution in [2.75, 3.05) is 11.5 Å². The average molecular weight is 302 g/mol. The summed E-state index contributed by atoms with van der Waals surface area (Å²) in [7, 11) is 0. The van der Waals surface area contributed by atoms with E-state index in [4.69, 9.17) is 11.5 Å². The molecule has 0 aliphatic carbocycles. The van der Waals surface area contributed by atoms with E-state index in [-0.39, 0.29) is 0 Å². The third-order valence-corrected chi connectivity index (χ3v) is 4.54. The van der Waals surface area contributed by atoms with E-state index in [1.165, 1.54) is 43.6 Å². The van der Waals surface area contributed by atoms with E-state index in [0.29, 0.717) is 10.3 Å². The van der Waals surface area contributed by atoms with Gasteiger partial charge >= 0.3 is 0 Å². The highest BCUT2D eigenvalue weighted by Gasteiger charge is 2.04. The number of anilines is 2. The largest absolute Gasteiger partial charge is 0.375 e. The predicted octanol–water partition coefficient (Wildman–Crippen LogP) is 2.95. The molecule has 2 heterocycles. The molecule has 4 nitrogen and oxygen atoms in total. The van der Waals surface area contributed by atoms with Crippen molar-refractivity contribution in [2.24, 2.45) is 0 Å². The fourth-order valence-corrected chi connectivity index (χ4v) is 3.50. The standard InChI is InChI=1S/C14H14N4S2/c15-13-17-7-11(19-13)5-9-2-1-3-10(4-9)6-12-8-18-14(16)20-12/h1-4,7-8H,5-6H2,(H2,15,17)(H2,16,18). The summed E-state index contributed by atoms with van der Waals surface area (Å²) in [6.45, 7) is 0. The van der Waals surface area contributed by atoms with Crippen molar-refractivity contribution in [3.8, 4) is 0 Å². The lowest BCUT2D eigenvalue weighted by Gasteiger charge is -2.03. The summed E-state index contributed by atoms with van der Waals surface area (Å²) in [6, 6.07) is 8.55. The molecule has 3 rings (SSSR count). The molecule has 4 N–H and O–H groups in total. The topological polar surface area (TPSA) is 77.8 Å². The molecule has 2 aromatic heterocycles. The van der Waals surface area contributed by atoms with Gasteiger partial charge in [-0.15, -0.1) is 22.7 Å². The Morgan fingerprint density at radius 3 is 1.75 bits per heavy atom. The zero-order valence-electron chi connectivity index (χ0n) is 10.7. The van der Waals surface area contributed by atoms with Crippen molar-refractivity contribution in [2.45, 2.75) is 12.8 Å². The molecule has 0 radical (unpaired) electrons. The predicted molar refractivity (Wildman–Crippen MR) is 85.1 cm³/mol. The lowest BCUT2D eigenvalue weighted by Crippen LogP contribution is -1.89. The first-order valence-electron chi connectivity index (χ1n) is 6.17. The Balaban J connectivity index is 1.75. The van der Waals surface area contributed by atoms with Gasteiger partial charge in [-0.05, 0) is 11.1 Å². The smallest absolute Gasteiger partial charge is 0.180 e. The molecule has 0 atom stereocenters. The molecule has 6 heteroatoms. The van der Waals surface area contributed by atoms with Crippen molar-refractivity contribution in [1.82, 2.24) is 9.97 Å². The van der Waals surface area contributed by atoms with Crippen LogP contribution in [-0.2, 0) is 12.8 Å². The summed E-state index contributed by atoms with van der Waals surface area (Å²) >= 11 is 3.08. The third kappa shape index (κ3) is 3.15. The Bertz CT molecular complexity index is 660. The number of nitrogens with zero attached hydrogens (tertiary/aromatic N) is 2.